The fraction of sp³-hybridized carbons (Fsp3) is 0.704. The third-order valence-electron chi connectivity index (χ3n) is 9.16. The fourth-order valence-electron chi connectivity index (χ4n) is 7.37. The van der Waals surface area contributed by atoms with Crippen LogP contribution in [-0.2, 0) is 12.8 Å². The molecule has 0 bridgehead atoms. The predicted molar refractivity (Wildman–Crippen MR) is 119 cm³/mol. The Balaban J connectivity index is 1.40. The highest BCUT2D eigenvalue weighted by Gasteiger charge is 2.62. The summed E-state index contributed by atoms with van der Waals surface area (Å²) in [5.41, 5.74) is 4.44. The van der Waals surface area contributed by atoms with Gasteiger partial charge in [-0.2, -0.15) is 22.0 Å². The topological polar surface area (TPSA) is 20.2 Å². The van der Waals surface area contributed by atoms with Crippen LogP contribution in [0.4, 0.5) is 22.0 Å². The Morgan fingerprint density at radius 2 is 1.88 bits per heavy atom. The normalized spacial score (nSPS) is 32.6. The first-order valence-corrected chi connectivity index (χ1v) is 12.3. The van der Waals surface area contributed by atoms with Crippen molar-refractivity contribution in [3.63, 3.8) is 0 Å². The van der Waals surface area contributed by atoms with Crippen molar-refractivity contribution < 1.29 is 27.1 Å². The van der Waals surface area contributed by atoms with Crippen molar-refractivity contribution in [2.24, 2.45) is 16.7 Å². The quantitative estimate of drug-likeness (QED) is 0.245. The number of aliphatic hydroxyl groups excluding tert-OH is 1. The van der Waals surface area contributed by atoms with E-state index in [2.05, 4.69) is 37.8 Å². The van der Waals surface area contributed by atoms with E-state index in [0.717, 1.165) is 18.4 Å². The van der Waals surface area contributed by atoms with Crippen LogP contribution in [0.15, 0.2) is 30.9 Å². The summed E-state index contributed by atoms with van der Waals surface area (Å²) in [6.07, 6.45) is 2.89. The van der Waals surface area contributed by atoms with Gasteiger partial charge in [0.2, 0.25) is 0 Å². The number of rotatable bonds is 7. The lowest BCUT2D eigenvalue weighted by atomic mass is 9.47. The van der Waals surface area contributed by atoms with E-state index in [0.29, 0.717) is 30.1 Å². The molecule has 3 aliphatic rings. The number of benzene rings is 1. The SMILES string of the molecule is C=C[C@@]12CCc3cc(CCCCC(O)C(F)(F)C(F)(F)F)ccc3[C@H]1CC[C@]1(C)CCC[C@H]12. The van der Waals surface area contributed by atoms with Gasteiger partial charge in [-0.25, -0.2) is 0 Å². The van der Waals surface area contributed by atoms with Crippen molar-refractivity contribution in [1.29, 1.82) is 0 Å². The van der Waals surface area contributed by atoms with Gasteiger partial charge in [-0.15, -0.1) is 6.58 Å². The van der Waals surface area contributed by atoms with Gasteiger partial charge in [0.1, 0.15) is 6.10 Å². The standard InChI is InChI=1S/C27H35F5O/c1-3-25-16-12-19-17-18(7-4-5-9-23(33)26(28,29)27(30,31)32)10-11-20(19)21(25)13-15-24(2)14-6-8-22(24)25/h3,10-11,17,21-23,33H,1,4-9,12-16H2,2H3/t21-,22-,23?,24+,25-/m1/s1. The molecule has 0 heterocycles. The van der Waals surface area contributed by atoms with Crippen molar-refractivity contribution in [1.82, 2.24) is 0 Å². The van der Waals surface area contributed by atoms with E-state index < -0.39 is 24.6 Å². The Morgan fingerprint density at radius 1 is 1.12 bits per heavy atom. The summed E-state index contributed by atoms with van der Waals surface area (Å²) >= 11 is 0. The van der Waals surface area contributed by atoms with Gasteiger partial charge in [0.15, 0.2) is 0 Å². The molecule has 1 unspecified atom stereocenters. The van der Waals surface area contributed by atoms with Gasteiger partial charge in [0.25, 0.3) is 0 Å². The molecule has 6 heteroatoms. The van der Waals surface area contributed by atoms with Gasteiger partial charge in [-0.05, 0) is 97.1 Å². The minimum atomic E-state index is -5.72. The molecule has 33 heavy (non-hydrogen) atoms. The van der Waals surface area contributed by atoms with E-state index in [4.69, 9.17) is 0 Å². The molecule has 0 saturated heterocycles. The van der Waals surface area contributed by atoms with Crippen molar-refractivity contribution in [2.45, 2.75) is 102 Å². The van der Waals surface area contributed by atoms with Crippen LogP contribution < -0.4 is 0 Å². The minimum absolute atomic E-state index is 0.117. The largest absolute Gasteiger partial charge is 0.456 e. The first kappa shape index (κ1) is 24.7. The highest BCUT2D eigenvalue weighted by molar-refractivity contribution is 5.41. The lowest BCUT2D eigenvalue weighted by Crippen LogP contribution is -2.47. The smallest absolute Gasteiger partial charge is 0.386 e. The second-order valence-electron chi connectivity index (χ2n) is 10.9. The maximum atomic E-state index is 13.2. The van der Waals surface area contributed by atoms with Gasteiger partial charge in [0, 0.05) is 0 Å². The van der Waals surface area contributed by atoms with Gasteiger partial charge in [-0.3, -0.25) is 0 Å². The van der Waals surface area contributed by atoms with Crippen LogP contribution in [0, 0.1) is 16.7 Å². The molecule has 4 rings (SSSR count). The molecule has 1 aromatic rings. The van der Waals surface area contributed by atoms with Crippen molar-refractivity contribution in [3.05, 3.63) is 47.5 Å². The average Bonchev–Trinajstić information content (AvgIpc) is 3.17. The monoisotopic (exact) mass is 470 g/mol. The Kier molecular flexibility index (Phi) is 6.48. The molecule has 1 N–H and O–H groups in total. The zero-order chi connectivity index (χ0) is 24.1. The first-order chi connectivity index (χ1) is 15.4. The van der Waals surface area contributed by atoms with E-state index >= 15 is 0 Å². The molecule has 5 atom stereocenters. The summed E-state index contributed by atoms with van der Waals surface area (Å²) in [7, 11) is 0. The summed E-state index contributed by atoms with van der Waals surface area (Å²) in [6.45, 7) is 6.76. The zero-order valence-electron chi connectivity index (χ0n) is 19.4. The second kappa shape index (κ2) is 8.66. The summed E-state index contributed by atoms with van der Waals surface area (Å²) < 4.78 is 63.5. The van der Waals surface area contributed by atoms with Gasteiger partial charge < -0.3 is 5.11 Å². The number of hydrogen-bond acceptors (Lipinski definition) is 1. The molecular formula is C27H35F5O. The van der Waals surface area contributed by atoms with E-state index in [-0.39, 0.29) is 11.8 Å². The molecule has 0 aromatic heterocycles. The summed E-state index contributed by atoms with van der Waals surface area (Å²) in [5, 5.41) is 9.33. The van der Waals surface area contributed by atoms with Crippen LogP contribution in [0.1, 0.15) is 87.3 Å². The van der Waals surface area contributed by atoms with Crippen LogP contribution in [0.2, 0.25) is 0 Å². The molecule has 2 fully saturated rings. The number of alkyl halides is 5. The van der Waals surface area contributed by atoms with Crippen LogP contribution >= 0.6 is 0 Å². The molecule has 1 nitrogen and oxygen atoms in total. The van der Waals surface area contributed by atoms with Gasteiger partial charge >= 0.3 is 12.1 Å². The van der Waals surface area contributed by atoms with E-state index in [1.165, 1.54) is 43.2 Å². The van der Waals surface area contributed by atoms with E-state index in [1.807, 2.05) is 0 Å². The average molecular weight is 471 g/mol. The highest BCUT2D eigenvalue weighted by atomic mass is 19.4. The van der Waals surface area contributed by atoms with Crippen LogP contribution in [0.25, 0.3) is 0 Å². The maximum Gasteiger partial charge on any atom is 0.456 e. The van der Waals surface area contributed by atoms with Crippen molar-refractivity contribution >= 4 is 0 Å². The molecule has 0 spiro atoms. The van der Waals surface area contributed by atoms with E-state index in [1.54, 1.807) is 0 Å². The Bertz CT molecular complexity index is 878. The number of aryl methyl sites for hydroxylation is 2. The number of allylic oxidation sites excluding steroid dienone is 1. The third kappa shape index (κ3) is 4.15. The molecule has 2 saturated carbocycles. The molecule has 3 aliphatic carbocycles. The highest BCUT2D eigenvalue weighted by Crippen LogP contribution is 2.67. The molecule has 0 radical (unpaired) electrons. The third-order valence-corrected chi connectivity index (χ3v) is 9.16. The molecule has 0 amide bonds. The van der Waals surface area contributed by atoms with Crippen molar-refractivity contribution in [2.75, 3.05) is 0 Å². The van der Waals surface area contributed by atoms with Crippen LogP contribution in [-0.4, -0.2) is 23.3 Å². The molecule has 184 valence electrons. The summed E-state index contributed by atoms with van der Waals surface area (Å²) in [4.78, 5) is 0. The zero-order valence-corrected chi connectivity index (χ0v) is 19.4. The second-order valence-corrected chi connectivity index (χ2v) is 10.9. The Labute approximate surface area is 193 Å². The molecular weight excluding hydrogens is 435 g/mol. The predicted octanol–water partition coefficient (Wildman–Crippen LogP) is 7.76. The van der Waals surface area contributed by atoms with Gasteiger partial charge in [0.05, 0.1) is 0 Å². The summed E-state index contributed by atoms with van der Waals surface area (Å²) in [5.74, 6) is -3.88. The fourth-order valence-corrected chi connectivity index (χ4v) is 7.37. The first-order valence-electron chi connectivity index (χ1n) is 12.3. The number of hydrogen-bond donors (Lipinski definition) is 1. The lowest BCUT2D eigenvalue weighted by molar-refractivity contribution is -0.313. The van der Waals surface area contributed by atoms with Crippen molar-refractivity contribution in [3.8, 4) is 0 Å². The minimum Gasteiger partial charge on any atom is -0.386 e. The van der Waals surface area contributed by atoms with E-state index in [9.17, 15) is 27.1 Å². The van der Waals surface area contributed by atoms with Crippen LogP contribution in [0.3, 0.4) is 0 Å². The number of unbranched alkanes of at least 4 members (excludes halogenated alkanes) is 1. The Morgan fingerprint density at radius 3 is 2.58 bits per heavy atom. The maximum absolute atomic E-state index is 13.2. The summed E-state index contributed by atoms with van der Waals surface area (Å²) in [6, 6.07) is 6.50. The Hall–Kier alpha value is -1.43. The van der Waals surface area contributed by atoms with Crippen LogP contribution in [0.5, 0.6) is 0 Å². The number of aliphatic hydroxyl groups is 1. The van der Waals surface area contributed by atoms with Gasteiger partial charge in [-0.1, -0.05) is 44.0 Å². The number of fused-ring (bicyclic) bond motifs is 5. The molecule has 0 aliphatic heterocycles. The number of halogens is 5. The molecule has 1 aromatic carbocycles. The lowest BCUT2D eigenvalue weighted by Gasteiger charge is -2.56.